The van der Waals surface area contributed by atoms with Gasteiger partial charge in [-0.2, -0.15) is 13.2 Å². The maximum absolute atomic E-state index is 15.8. The number of nitrogens with zero attached hydrogens (tertiary/aromatic N) is 2. The first-order valence-electron chi connectivity index (χ1n) is 10.7. The number of H-pyrrole nitrogens is 1. The summed E-state index contributed by atoms with van der Waals surface area (Å²) in [5.41, 5.74) is -0.241. The van der Waals surface area contributed by atoms with Crippen molar-refractivity contribution in [3.8, 4) is 11.1 Å². The second-order valence-electron chi connectivity index (χ2n) is 8.46. The molecular formula is C25H23F4N3O2. The smallest absolute Gasteiger partial charge is 0.348 e. The topological polar surface area (TPSA) is 56.4 Å². The van der Waals surface area contributed by atoms with Gasteiger partial charge in [0.15, 0.2) is 5.82 Å². The van der Waals surface area contributed by atoms with Gasteiger partial charge in [-0.1, -0.05) is 24.3 Å². The van der Waals surface area contributed by atoms with Crippen molar-refractivity contribution in [1.82, 2.24) is 14.8 Å². The molecule has 0 aliphatic carbocycles. The fraction of sp³-hybridized carbons (Fsp3) is 0.280. The van der Waals surface area contributed by atoms with Gasteiger partial charge in [-0.05, 0) is 41.3 Å². The quantitative estimate of drug-likeness (QED) is 0.523. The molecule has 4 rings (SSSR count). The molecule has 1 aromatic heterocycles. The molecule has 0 atom stereocenters. The summed E-state index contributed by atoms with van der Waals surface area (Å²) in [5.74, 6) is -1.29. The highest BCUT2D eigenvalue weighted by Crippen LogP contribution is 2.42. The Kier molecular flexibility index (Phi) is 5.97. The van der Waals surface area contributed by atoms with Crippen LogP contribution in [0.1, 0.15) is 35.0 Å². The van der Waals surface area contributed by atoms with Gasteiger partial charge in [0.25, 0.3) is 5.91 Å². The number of nitrogens with one attached hydrogen (secondary N) is 1. The minimum atomic E-state index is -4.63. The van der Waals surface area contributed by atoms with E-state index >= 15 is 4.39 Å². The fourth-order valence-electron chi connectivity index (χ4n) is 4.25. The van der Waals surface area contributed by atoms with Crippen LogP contribution in [0, 0.1) is 5.82 Å². The van der Waals surface area contributed by atoms with E-state index in [1.54, 1.807) is 11.0 Å². The van der Waals surface area contributed by atoms with Crippen molar-refractivity contribution in [3.05, 3.63) is 65.1 Å². The summed E-state index contributed by atoms with van der Waals surface area (Å²) in [6.07, 6.45) is -2.35. The minimum Gasteiger partial charge on any atom is -0.348 e. The van der Waals surface area contributed by atoms with Crippen LogP contribution in [0.2, 0.25) is 0 Å². The number of hydrogen-bond donors (Lipinski definition) is 1. The van der Waals surface area contributed by atoms with Crippen molar-refractivity contribution < 1.29 is 27.2 Å². The molecule has 2 heterocycles. The van der Waals surface area contributed by atoms with Gasteiger partial charge in [0.05, 0.1) is 11.1 Å². The Bertz CT molecular complexity index is 1320. The lowest BCUT2D eigenvalue weighted by atomic mass is 9.91. The molecule has 0 spiro atoms. The predicted octanol–water partition coefficient (Wildman–Crippen LogP) is 5.33. The van der Waals surface area contributed by atoms with Crippen molar-refractivity contribution in [2.24, 2.45) is 0 Å². The molecule has 34 heavy (non-hydrogen) atoms. The molecule has 178 valence electrons. The van der Waals surface area contributed by atoms with Crippen LogP contribution in [0.25, 0.3) is 27.6 Å². The first kappa shape index (κ1) is 23.5. The van der Waals surface area contributed by atoms with E-state index in [0.29, 0.717) is 18.5 Å². The molecule has 0 bridgehead atoms. The van der Waals surface area contributed by atoms with E-state index in [2.05, 4.69) is 4.98 Å². The Hall–Kier alpha value is -3.62. The lowest BCUT2D eigenvalue weighted by Crippen LogP contribution is -2.33. The molecule has 3 aromatic rings. The summed E-state index contributed by atoms with van der Waals surface area (Å²) >= 11 is 0. The molecule has 0 radical (unpaired) electrons. The third-order valence-electron chi connectivity index (χ3n) is 5.95. The van der Waals surface area contributed by atoms with Crippen molar-refractivity contribution in [2.45, 2.75) is 19.5 Å². The van der Waals surface area contributed by atoms with Crippen LogP contribution in [0.4, 0.5) is 17.6 Å². The Balaban J connectivity index is 2.02. The highest BCUT2D eigenvalue weighted by atomic mass is 19.4. The number of carbonyl (C=O) groups is 2. The van der Waals surface area contributed by atoms with Crippen LogP contribution in [0.15, 0.2) is 42.5 Å². The predicted molar refractivity (Wildman–Crippen MR) is 122 cm³/mol. The molecule has 0 saturated carbocycles. The summed E-state index contributed by atoms with van der Waals surface area (Å²) in [6, 6.07) is 7.84. The molecule has 1 N–H and O–H groups in total. The highest BCUT2D eigenvalue weighted by Gasteiger charge is 2.34. The van der Waals surface area contributed by atoms with Crippen molar-refractivity contribution in [1.29, 1.82) is 0 Å². The second-order valence-corrected chi connectivity index (χ2v) is 8.46. The third kappa shape index (κ3) is 4.18. The second kappa shape index (κ2) is 8.62. The van der Waals surface area contributed by atoms with Gasteiger partial charge in [0.1, 0.15) is 5.69 Å². The zero-order valence-electron chi connectivity index (χ0n) is 18.9. The van der Waals surface area contributed by atoms with E-state index in [9.17, 15) is 22.8 Å². The van der Waals surface area contributed by atoms with Gasteiger partial charge < -0.3 is 14.8 Å². The Morgan fingerprint density at radius 2 is 1.76 bits per heavy atom. The van der Waals surface area contributed by atoms with Crippen molar-refractivity contribution in [2.75, 3.05) is 27.2 Å². The molecule has 1 aliphatic rings. The van der Waals surface area contributed by atoms with Crippen molar-refractivity contribution in [3.63, 3.8) is 0 Å². The number of rotatable bonds is 3. The van der Waals surface area contributed by atoms with Gasteiger partial charge in [-0.3, -0.25) is 9.59 Å². The normalized spacial score (nSPS) is 14.3. The molecule has 1 aliphatic heterocycles. The van der Waals surface area contributed by atoms with Crippen LogP contribution in [0.3, 0.4) is 0 Å². The van der Waals surface area contributed by atoms with Gasteiger partial charge >= 0.3 is 6.18 Å². The van der Waals surface area contributed by atoms with E-state index < -0.39 is 23.5 Å². The molecule has 2 amide bonds. The zero-order chi connectivity index (χ0) is 24.8. The van der Waals surface area contributed by atoms with E-state index in [-0.39, 0.29) is 45.7 Å². The maximum Gasteiger partial charge on any atom is 0.417 e. The van der Waals surface area contributed by atoms with Gasteiger partial charge in [-0.15, -0.1) is 0 Å². The molecule has 2 aromatic carbocycles. The molecular weight excluding hydrogens is 450 g/mol. The summed E-state index contributed by atoms with van der Waals surface area (Å²) in [6.45, 7) is 2.04. The van der Waals surface area contributed by atoms with Gasteiger partial charge in [-0.25, -0.2) is 4.39 Å². The van der Waals surface area contributed by atoms with Crippen LogP contribution in [-0.2, 0) is 11.0 Å². The number of aromatic amines is 1. The SMILES string of the molecule is CC(=O)N1CCC=C(c2cc(-c3ccccc3C(F)(F)F)c3cc(C(=O)N(C)C)[nH]c3c2F)C1. The van der Waals surface area contributed by atoms with E-state index in [0.717, 1.165) is 6.07 Å². The number of benzene rings is 2. The summed E-state index contributed by atoms with van der Waals surface area (Å²) in [7, 11) is 3.05. The Labute approximate surface area is 193 Å². The van der Waals surface area contributed by atoms with E-state index in [1.165, 1.54) is 56.3 Å². The Morgan fingerprint density at radius 3 is 2.41 bits per heavy atom. The number of aromatic nitrogens is 1. The monoisotopic (exact) mass is 473 g/mol. The molecule has 9 heteroatoms. The standard InChI is InChI=1S/C25H23F4N3O2/c1-14(33)32-10-6-7-15(13-32)17-11-18(16-8-4-5-9-20(16)25(27,28)29)19-12-21(24(34)31(2)3)30-23(19)22(17)26/h4-5,7-9,11-12,30H,6,10,13H2,1-3H3. The minimum absolute atomic E-state index is 0.0597. The average molecular weight is 473 g/mol. The zero-order valence-corrected chi connectivity index (χ0v) is 18.9. The number of hydrogen-bond acceptors (Lipinski definition) is 2. The molecule has 0 fully saturated rings. The van der Waals surface area contributed by atoms with Gasteiger partial charge in [0, 0.05) is 45.1 Å². The number of carbonyl (C=O) groups excluding carboxylic acids is 2. The molecule has 5 nitrogen and oxygen atoms in total. The maximum atomic E-state index is 15.8. The molecule has 0 saturated heterocycles. The highest BCUT2D eigenvalue weighted by molar-refractivity contribution is 6.05. The summed E-state index contributed by atoms with van der Waals surface area (Å²) in [4.78, 5) is 30.0. The van der Waals surface area contributed by atoms with Crippen LogP contribution < -0.4 is 0 Å². The number of halogens is 4. The summed E-state index contributed by atoms with van der Waals surface area (Å²) in [5, 5.41) is 0.169. The lowest BCUT2D eigenvalue weighted by Gasteiger charge is -2.27. The van der Waals surface area contributed by atoms with Crippen LogP contribution >= 0.6 is 0 Å². The number of amides is 2. The first-order chi connectivity index (χ1) is 16.0. The Morgan fingerprint density at radius 1 is 1.06 bits per heavy atom. The van der Waals surface area contributed by atoms with Crippen LogP contribution in [0.5, 0.6) is 0 Å². The van der Waals surface area contributed by atoms with Crippen LogP contribution in [-0.4, -0.2) is 53.8 Å². The van der Waals surface area contributed by atoms with E-state index in [1.807, 2.05) is 0 Å². The molecule has 0 unspecified atom stereocenters. The average Bonchev–Trinajstić information content (AvgIpc) is 3.24. The number of fused-ring (bicyclic) bond motifs is 1. The fourth-order valence-corrected chi connectivity index (χ4v) is 4.25. The summed E-state index contributed by atoms with van der Waals surface area (Å²) < 4.78 is 57.3. The third-order valence-corrected chi connectivity index (χ3v) is 5.95. The first-order valence-corrected chi connectivity index (χ1v) is 10.7. The van der Waals surface area contributed by atoms with Crippen molar-refractivity contribution >= 4 is 28.3 Å². The number of alkyl halides is 3. The van der Waals surface area contributed by atoms with Gasteiger partial charge in [0.2, 0.25) is 5.91 Å². The van der Waals surface area contributed by atoms with E-state index in [4.69, 9.17) is 0 Å². The largest absolute Gasteiger partial charge is 0.417 e. The lowest BCUT2D eigenvalue weighted by molar-refractivity contribution is -0.137.